The Labute approximate surface area is 226 Å². The molecule has 1 N–H and O–H groups in total. The molecule has 38 heavy (non-hydrogen) atoms. The average Bonchev–Trinajstić information content (AvgIpc) is 3.14. The van der Waals surface area contributed by atoms with Crippen molar-refractivity contribution < 1.29 is 28.6 Å². The van der Waals surface area contributed by atoms with Crippen LogP contribution in [0.4, 0.5) is 10.1 Å². The average molecular weight is 538 g/mol. The molecule has 0 saturated carbocycles. The lowest BCUT2D eigenvalue weighted by molar-refractivity contribution is -0.132. The normalized spacial score (nSPS) is 17.2. The lowest BCUT2D eigenvalue weighted by Gasteiger charge is -2.26. The molecule has 0 radical (unpaired) electrons. The Morgan fingerprint density at radius 2 is 1.66 bits per heavy atom. The number of hydrogen-bond acceptors (Lipinski definition) is 5. The molecule has 1 aliphatic heterocycles. The van der Waals surface area contributed by atoms with Crippen LogP contribution in [0, 0.1) is 12.7 Å². The van der Waals surface area contributed by atoms with Gasteiger partial charge < -0.3 is 14.6 Å². The van der Waals surface area contributed by atoms with E-state index in [4.69, 9.17) is 21.1 Å². The highest BCUT2D eigenvalue weighted by atomic mass is 35.5. The molecule has 6 nitrogen and oxygen atoms in total. The third-order valence-corrected chi connectivity index (χ3v) is 7.00. The van der Waals surface area contributed by atoms with Gasteiger partial charge in [-0.25, -0.2) is 4.39 Å². The summed E-state index contributed by atoms with van der Waals surface area (Å²) in [4.78, 5) is 28.2. The summed E-state index contributed by atoms with van der Waals surface area (Å²) in [6.45, 7) is 7.95. The van der Waals surface area contributed by atoms with Gasteiger partial charge in [-0.2, -0.15) is 0 Å². The quantitative estimate of drug-likeness (QED) is 0.222. The van der Waals surface area contributed by atoms with E-state index in [-0.39, 0.29) is 27.5 Å². The third-order valence-electron chi connectivity index (χ3n) is 6.71. The van der Waals surface area contributed by atoms with E-state index in [9.17, 15) is 19.1 Å². The molecule has 3 aromatic rings. The Balaban J connectivity index is 2.02. The number of aryl methyl sites for hydroxylation is 1. The van der Waals surface area contributed by atoms with Gasteiger partial charge >= 0.3 is 0 Å². The number of carbonyl (C=O) groups excluding carboxylic acids is 2. The van der Waals surface area contributed by atoms with Crippen molar-refractivity contribution in [1.82, 2.24) is 0 Å². The molecule has 3 aromatic carbocycles. The highest BCUT2D eigenvalue weighted by Crippen LogP contribution is 2.45. The number of ether oxygens (including phenoxy) is 2. The molecule has 0 spiro atoms. The minimum Gasteiger partial charge on any atom is -0.507 e. The van der Waals surface area contributed by atoms with Crippen molar-refractivity contribution in [2.45, 2.75) is 39.2 Å². The predicted octanol–water partition coefficient (Wildman–Crippen LogP) is 6.73. The summed E-state index contributed by atoms with van der Waals surface area (Å²) < 4.78 is 24.8. The molecule has 1 amide bonds. The number of nitrogens with zero attached hydrogens (tertiary/aromatic N) is 1. The SMILES string of the molecule is COc1ccc(C2/C(=C(\O)c3cc(C(C)(C)C)ccc3C)C(=O)C(=O)N2c2ccc(F)c(Cl)c2)cc1OC. The fourth-order valence-corrected chi connectivity index (χ4v) is 4.74. The van der Waals surface area contributed by atoms with Gasteiger partial charge in [0.25, 0.3) is 11.7 Å². The zero-order valence-corrected chi connectivity index (χ0v) is 22.8. The minimum atomic E-state index is -1.05. The van der Waals surface area contributed by atoms with Crippen molar-refractivity contribution in [3.05, 3.63) is 93.3 Å². The number of anilines is 1. The first kappa shape index (κ1) is 27.2. The number of methoxy groups -OCH3 is 2. The number of benzene rings is 3. The maximum atomic E-state index is 14.0. The van der Waals surface area contributed by atoms with Crippen molar-refractivity contribution in [3.63, 3.8) is 0 Å². The number of aliphatic hydroxyl groups excluding tert-OH is 1. The van der Waals surface area contributed by atoms with Crippen LogP contribution in [0.15, 0.2) is 60.2 Å². The number of aliphatic hydroxyl groups is 1. The molecule has 1 atom stereocenters. The van der Waals surface area contributed by atoms with E-state index >= 15 is 0 Å². The van der Waals surface area contributed by atoms with Gasteiger partial charge in [-0.15, -0.1) is 0 Å². The molecule has 4 rings (SSSR count). The first-order chi connectivity index (χ1) is 17.9. The van der Waals surface area contributed by atoms with Gasteiger partial charge in [0, 0.05) is 11.3 Å². The monoisotopic (exact) mass is 537 g/mol. The highest BCUT2D eigenvalue weighted by molar-refractivity contribution is 6.51. The molecule has 8 heteroatoms. The summed E-state index contributed by atoms with van der Waals surface area (Å²) in [5, 5.41) is 11.4. The van der Waals surface area contributed by atoms with Crippen LogP contribution in [-0.4, -0.2) is 31.0 Å². The molecule has 1 heterocycles. The lowest BCUT2D eigenvalue weighted by Crippen LogP contribution is -2.29. The number of halogens is 2. The van der Waals surface area contributed by atoms with E-state index in [1.165, 1.54) is 31.3 Å². The Hall–Kier alpha value is -3.84. The summed E-state index contributed by atoms with van der Waals surface area (Å²) in [6, 6.07) is 13.4. The van der Waals surface area contributed by atoms with E-state index in [1.54, 1.807) is 18.2 Å². The van der Waals surface area contributed by atoms with Gasteiger partial charge in [-0.05, 0) is 65.4 Å². The van der Waals surface area contributed by atoms with Gasteiger partial charge in [-0.1, -0.05) is 50.6 Å². The van der Waals surface area contributed by atoms with E-state index in [0.29, 0.717) is 22.6 Å². The van der Waals surface area contributed by atoms with Crippen LogP contribution < -0.4 is 14.4 Å². The summed E-state index contributed by atoms with van der Waals surface area (Å²) in [7, 11) is 2.97. The zero-order chi connectivity index (χ0) is 27.9. The summed E-state index contributed by atoms with van der Waals surface area (Å²) in [5.74, 6) is -1.89. The van der Waals surface area contributed by atoms with Crippen LogP contribution in [0.1, 0.15) is 49.1 Å². The van der Waals surface area contributed by atoms with Crippen LogP contribution in [0.2, 0.25) is 5.02 Å². The maximum absolute atomic E-state index is 14.0. The van der Waals surface area contributed by atoms with Gasteiger partial charge in [0.15, 0.2) is 11.5 Å². The summed E-state index contributed by atoms with van der Waals surface area (Å²) in [6.07, 6.45) is 0. The molecule has 1 saturated heterocycles. The Kier molecular flexibility index (Phi) is 7.26. The van der Waals surface area contributed by atoms with Crippen LogP contribution in [0.5, 0.6) is 11.5 Å². The second-order valence-corrected chi connectivity index (χ2v) is 10.6. The number of amides is 1. The van der Waals surface area contributed by atoms with Crippen LogP contribution in [-0.2, 0) is 15.0 Å². The van der Waals surface area contributed by atoms with E-state index < -0.39 is 23.5 Å². The number of ketones is 1. The molecule has 1 unspecified atom stereocenters. The molecular weight excluding hydrogens is 509 g/mol. The topological polar surface area (TPSA) is 76.1 Å². The maximum Gasteiger partial charge on any atom is 0.300 e. The minimum absolute atomic E-state index is 0.100. The van der Waals surface area contributed by atoms with Gasteiger partial charge in [0.05, 0.1) is 30.9 Å². The van der Waals surface area contributed by atoms with Gasteiger partial charge in [-0.3, -0.25) is 14.5 Å². The molecular formula is C30H29ClFNO5. The standard InChI is InChI=1S/C30H29ClFNO5/c1-16-7-9-18(30(2,3)4)14-20(16)27(34)25-26(17-8-12-23(37-5)24(13-17)38-6)33(29(36)28(25)35)19-10-11-22(32)21(31)15-19/h7-15,26,34H,1-6H3/b27-25+. The molecule has 198 valence electrons. The number of Topliss-reactive ketones (excluding diaryl/α,β-unsaturated/α-hetero) is 1. The van der Waals surface area contributed by atoms with Crippen molar-refractivity contribution >= 4 is 34.7 Å². The fourth-order valence-electron chi connectivity index (χ4n) is 4.56. The van der Waals surface area contributed by atoms with Crippen molar-refractivity contribution in [3.8, 4) is 11.5 Å². The van der Waals surface area contributed by atoms with Crippen LogP contribution >= 0.6 is 11.6 Å². The van der Waals surface area contributed by atoms with Crippen LogP contribution in [0.25, 0.3) is 5.76 Å². The molecule has 1 aliphatic rings. The number of hydrogen-bond donors (Lipinski definition) is 1. The van der Waals surface area contributed by atoms with E-state index in [2.05, 4.69) is 0 Å². The van der Waals surface area contributed by atoms with Gasteiger partial charge in [0.1, 0.15) is 11.6 Å². The lowest BCUT2D eigenvalue weighted by atomic mass is 9.84. The largest absolute Gasteiger partial charge is 0.507 e. The zero-order valence-electron chi connectivity index (χ0n) is 22.1. The highest BCUT2D eigenvalue weighted by Gasteiger charge is 2.47. The Bertz CT molecular complexity index is 1470. The molecule has 0 bridgehead atoms. The molecule has 0 aliphatic carbocycles. The Morgan fingerprint density at radius 3 is 2.26 bits per heavy atom. The van der Waals surface area contributed by atoms with Crippen LogP contribution in [0.3, 0.4) is 0 Å². The van der Waals surface area contributed by atoms with Gasteiger partial charge in [0.2, 0.25) is 0 Å². The second kappa shape index (κ2) is 10.1. The van der Waals surface area contributed by atoms with Crippen molar-refractivity contribution in [2.75, 3.05) is 19.1 Å². The van der Waals surface area contributed by atoms with E-state index in [0.717, 1.165) is 17.2 Å². The summed E-state index contributed by atoms with van der Waals surface area (Å²) >= 11 is 6.04. The fraction of sp³-hybridized carbons (Fsp3) is 0.267. The molecule has 0 aromatic heterocycles. The smallest absolute Gasteiger partial charge is 0.300 e. The molecule has 1 fully saturated rings. The third kappa shape index (κ3) is 4.74. The number of carbonyl (C=O) groups is 2. The number of rotatable bonds is 5. The van der Waals surface area contributed by atoms with E-state index in [1.807, 2.05) is 45.9 Å². The Morgan fingerprint density at radius 1 is 0.974 bits per heavy atom. The van der Waals surface area contributed by atoms with Crippen molar-refractivity contribution in [2.24, 2.45) is 0 Å². The van der Waals surface area contributed by atoms with Crippen molar-refractivity contribution in [1.29, 1.82) is 0 Å². The first-order valence-corrected chi connectivity index (χ1v) is 12.4. The second-order valence-electron chi connectivity index (χ2n) is 10.2. The first-order valence-electron chi connectivity index (χ1n) is 12.0. The summed E-state index contributed by atoms with van der Waals surface area (Å²) in [5.41, 5.74) is 2.49. The predicted molar refractivity (Wildman–Crippen MR) is 146 cm³/mol.